The van der Waals surface area contributed by atoms with Gasteiger partial charge < -0.3 is 9.66 Å². The van der Waals surface area contributed by atoms with Crippen LogP contribution in [0, 0.1) is 0 Å². The average Bonchev–Trinajstić information content (AvgIpc) is 2.25. The van der Waals surface area contributed by atoms with Gasteiger partial charge in [0.1, 0.15) is 0 Å². The van der Waals surface area contributed by atoms with E-state index in [1.165, 1.54) is 10.8 Å². The van der Waals surface area contributed by atoms with Crippen molar-refractivity contribution in [3.63, 3.8) is 0 Å². The highest BCUT2D eigenvalue weighted by molar-refractivity contribution is 8.74. The molecule has 0 aliphatic carbocycles. The van der Waals surface area contributed by atoms with Gasteiger partial charge in [0.25, 0.3) is 0 Å². The first-order chi connectivity index (χ1) is 7.49. The van der Waals surface area contributed by atoms with E-state index in [-0.39, 0.29) is 12.0 Å². The van der Waals surface area contributed by atoms with E-state index in [1.54, 1.807) is 0 Å². The summed E-state index contributed by atoms with van der Waals surface area (Å²) in [4.78, 5) is 1.07. The summed E-state index contributed by atoms with van der Waals surface area (Å²) < 4.78 is 10.9. The summed E-state index contributed by atoms with van der Waals surface area (Å²) in [7, 11) is 1.42. The van der Waals surface area contributed by atoms with E-state index >= 15 is 0 Å². The van der Waals surface area contributed by atoms with Crippen LogP contribution in [0.3, 0.4) is 0 Å². The lowest BCUT2D eigenvalue weighted by atomic mass is 9.86. The van der Waals surface area contributed by atoms with Gasteiger partial charge in [-0.3, -0.25) is 0 Å². The molecule has 84 valence electrons. The molecule has 2 N–H and O–H groups in total. The Balaban J connectivity index is 3.06. The van der Waals surface area contributed by atoms with Crippen molar-refractivity contribution >= 4 is 21.9 Å². The monoisotopic (exact) mass is 246 g/mol. The minimum atomic E-state index is 0.0100. The molecule has 0 radical (unpaired) electrons. The van der Waals surface area contributed by atoms with E-state index < -0.39 is 0 Å². The number of hydrogen-bond acceptors (Lipinski definition) is 4. The van der Waals surface area contributed by atoms with Crippen LogP contribution in [0.15, 0.2) is 23.1 Å². The van der Waals surface area contributed by atoms with Crippen molar-refractivity contribution < 1.29 is 9.66 Å². The third kappa shape index (κ3) is 3.41. The smallest absolute Gasteiger partial charge is 0.229 e. The molecule has 0 fully saturated rings. The summed E-state index contributed by atoms with van der Waals surface area (Å²) in [5.74, 6) is 0. The Morgan fingerprint density at radius 2 is 2.13 bits per heavy atom. The Kier molecular flexibility index (Phi) is 3.97. The minimum absolute atomic E-state index is 0.0100. The van der Waals surface area contributed by atoms with Crippen molar-refractivity contribution in [3.05, 3.63) is 29.3 Å². The highest BCUT2D eigenvalue weighted by atomic mass is 33.1. The van der Waals surface area contributed by atoms with E-state index in [0.717, 1.165) is 27.1 Å². The van der Waals surface area contributed by atoms with Crippen LogP contribution in [-0.2, 0) is 12.0 Å². The van der Waals surface area contributed by atoms with Crippen LogP contribution >= 0.6 is 21.9 Å². The number of rotatable bonds is 4. The third-order valence-corrected chi connectivity index (χ3v) is 3.50. The van der Waals surface area contributed by atoms with Crippen molar-refractivity contribution in [1.29, 1.82) is 1.43 Å². The van der Waals surface area contributed by atoms with Crippen LogP contribution in [0.25, 0.3) is 1.43 Å². The SMILES string of the molecule is [3H]OSSc1ccc(CO)cc1C(C)(C)C. The zero-order valence-corrected chi connectivity index (χ0v) is 10.7. The fourth-order valence-electron chi connectivity index (χ4n) is 1.37. The summed E-state index contributed by atoms with van der Waals surface area (Å²) in [5, 5.41) is 9.13. The number of aliphatic hydroxyl groups excluding tert-OH is 1. The molecule has 0 aliphatic heterocycles. The van der Waals surface area contributed by atoms with Gasteiger partial charge in [-0.05, 0) is 33.4 Å². The molecule has 0 atom stereocenters. The maximum absolute atomic E-state index is 9.13. The molecule has 1 aromatic carbocycles. The lowest BCUT2D eigenvalue weighted by Gasteiger charge is -2.22. The molecule has 0 amide bonds. The van der Waals surface area contributed by atoms with Crippen LogP contribution in [0.4, 0.5) is 0 Å². The van der Waals surface area contributed by atoms with Crippen molar-refractivity contribution in [1.82, 2.24) is 0 Å². The largest absolute Gasteiger partial charge is 0.392 e. The molecule has 15 heavy (non-hydrogen) atoms. The maximum Gasteiger partial charge on any atom is 0.229 e. The Bertz CT molecular complexity index is 350. The number of benzene rings is 1. The van der Waals surface area contributed by atoms with Gasteiger partial charge in [0.15, 0.2) is 0 Å². The Morgan fingerprint density at radius 1 is 1.40 bits per heavy atom. The molecule has 0 aromatic heterocycles. The lowest BCUT2D eigenvalue weighted by molar-refractivity contribution is 0.281. The molecule has 0 spiro atoms. The van der Waals surface area contributed by atoms with Gasteiger partial charge in [0, 0.05) is 4.90 Å². The van der Waals surface area contributed by atoms with Crippen LogP contribution in [0.2, 0.25) is 0 Å². The maximum atomic E-state index is 9.13. The molecule has 1 rings (SSSR count). The fraction of sp³-hybridized carbons (Fsp3) is 0.455. The fourth-order valence-corrected chi connectivity index (χ4v) is 2.68. The Labute approximate surface area is 100 Å². The average molecular weight is 246 g/mol. The predicted octanol–water partition coefficient (Wildman–Crippen LogP) is 3.69. The molecule has 1 aromatic rings. The van der Waals surface area contributed by atoms with Gasteiger partial charge in [-0.15, -0.1) is 0 Å². The molecule has 0 heterocycles. The van der Waals surface area contributed by atoms with Gasteiger partial charge >= 0.3 is 0 Å². The van der Waals surface area contributed by atoms with Crippen LogP contribution in [-0.4, -0.2) is 9.66 Å². The van der Waals surface area contributed by atoms with Gasteiger partial charge in [0.05, 0.1) is 17.7 Å². The molecule has 0 saturated carbocycles. The van der Waals surface area contributed by atoms with Crippen molar-refractivity contribution in [3.8, 4) is 0 Å². The quantitative estimate of drug-likeness (QED) is 0.628. The Morgan fingerprint density at radius 3 is 2.67 bits per heavy atom. The van der Waals surface area contributed by atoms with E-state index in [0.29, 0.717) is 0 Å². The molecule has 0 saturated heterocycles. The van der Waals surface area contributed by atoms with Crippen molar-refractivity contribution in [2.45, 2.75) is 37.7 Å². The van der Waals surface area contributed by atoms with E-state index in [1.807, 2.05) is 18.2 Å². The number of aliphatic hydroxyl groups is 1. The summed E-state index contributed by atoms with van der Waals surface area (Å²) in [6.07, 6.45) is 0. The van der Waals surface area contributed by atoms with E-state index in [9.17, 15) is 0 Å². The molecular weight excluding hydrogens is 228 g/mol. The van der Waals surface area contributed by atoms with Gasteiger partial charge in [0.2, 0.25) is 1.43 Å². The lowest BCUT2D eigenvalue weighted by Crippen LogP contribution is -2.12. The first kappa shape index (κ1) is 11.3. The first-order valence-corrected chi connectivity index (χ1v) is 6.77. The van der Waals surface area contributed by atoms with Gasteiger partial charge in [-0.25, -0.2) is 0 Å². The minimum Gasteiger partial charge on any atom is -0.392 e. The van der Waals surface area contributed by atoms with Crippen LogP contribution < -0.4 is 0 Å². The third-order valence-electron chi connectivity index (χ3n) is 2.16. The van der Waals surface area contributed by atoms with E-state index in [2.05, 4.69) is 25.3 Å². The highest BCUT2D eigenvalue weighted by Gasteiger charge is 2.18. The second kappa shape index (κ2) is 5.25. The second-order valence-corrected chi connectivity index (χ2v) is 6.04. The first-order valence-electron chi connectivity index (χ1n) is 5.10. The molecule has 2 nitrogen and oxygen atoms in total. The number of hydrogen-bond donors (Lipinski definition) is 2. The molecule has 0 aliphatic rings. The van der Waals surface area contributed by atoms with Gasteiger partial charge in [-0.1, -0.05) is 32.9 Å². The predicted molar refractivity (Wildman–Crippen MR) is 67.1 cm³/mol. The van der Waals surface area contributed by atoms with Crippen LogP contribution in [0.1, 0.15) is 31.9 Å². The highest BCUT2D eigenvalue weighted by Crippen LogP contribution is 2.37. The van der Waals surface area contributed by atoms with Crippen molar-refractivity contribution in [2.75, 3.05) is 0 Å². The second-order valence-electron chi connectivity index (χ2n) is 4.39. The molecular formula is C11H16O2S2. The van der Waals surface area contributed by atoms with Crippen molar-refractivity contribution in [2.24, 2.45) is 0 Å². The van der Waals surface area contributed by atoms with E-state index in [4.69, 9.17) is 6.54 Å². The summed E-state index contributed by atoms with van der Waals surface area (Å²) in [5.41, 5.74) is 2.08. The normalized spacial score (nSPS) is 12.7. The summed E-state index contributed by atoms with van der Waals surface area (Å²) in [6.45, 7) is 6.43. The molecule has 4 heteroatoms. The topological polar surface area (TPSA) is 40.5 Å². The zero-order chi connectivity index (χ0) is 12.2. The zero-order valence-electron chi connectivity index (χ0n) is 10.1. The summed E-state index contributed by atoms with van der Waals surface area (Å²) in [6, 6.07) is 5.86. The van der Waals surface area contributed by atoms with Crippen LogP contribution in [0.5, 0.6) is 0 Å². The van der Waals surface area contributed by atoms with Gasteiger partial charge in [-0.2, -0.15) is 0 Å². The Hall–Kier alpha value is -0.160. The summed E-state index contributed by atoms with van der Waals surface area (Å²) >= 11 is 1.03. The molecule has 0 unspecified atom stereocenters. The standard InChI is InChI=1S/C11H16O2S2/c1-11(2,3)9-6-8(7-12)4-5-10(9)14-15-13/h4-6,12-13H,7H2,1-3H3/i/hT. The molecule has 0 bridgehead atoms.